The highest BCUT2D eigenvalue weighted by Crippen LogP contribution is 2.21. The third-order valence-corrected chi connectivity index (χ3v) is 2.68. The largest absolute Gasteiger partial charge is 0.429 e. The molecule has 8 heteroatoms. The van der Waals surface area contributed by atoms with Crippen LogP contribution >= 0.6 is 35.4 Å². The Morgan fingerprint density at radius 1 is 1.15 bits per heavy atom. The first-order chi connectivity index (χ1) is 9.44. The summed E-state index contributed by atoms with van der Waals surface area (Å²) >= 11 is 16.3. The molecule has 0 saturated heterocycles. The molecule has 0 spiro atoms. The van der Waals surface area contributed by atoms with E-state index in [9.17, 15) is 8.78 Å². The molecule has 1 aromatic carbocycles. The predicted octanol–water partition coefficient (Wildman–Crippen LogP) is 4.44. The van der Waals surface area contributed by atoms with Gasteiger partial charge in [-0.2, -0.15) is 0 Å². The molecule has 0 bridgehead atoms. The summed E-state index contributed by atoms with van der Waals surface area (Å²) in [7, 11) is 0. The van der Waals surface area contributed by atoms with Crippen LogP contribution in [0.15, 0.2) is 30.3 Å². The Bertz CT molecular complexity index is 650. The van der Waals surface area contributed by atoms with Gasteiger partial charge in [-0.15, -0.1) is 0 Å². The minimum absolute atomic E-state index is 0.145. The molecule has 0 radical (unpaired) electrons. The van der Waals surface area contributed by atoms with Gasteiger partial charge in [0.1, 0.15) is 16.1 Å². The molecule has 0 saturated carbocycles. The van der Waals surface area contributed by atoms with Crippen molar-refractivity contribution in [1.29, 1.82) is 0 Å². The Kier molecular flexibility index (Phi) is 4.69. The lowest BCUT2D eigenvalue weighted by Gasteiger charge is -2.10. The first-order valence-electron chi connectivity index (χ1n) is 5.21. The van der Waals surface area contributed by atoms with Crippen molar-refractivity contribution in [1.82, 2.24) is 4.98 Å². The molecule has 1 N–H and O–H groups in total. The van der Waals surface area contributed by atoms with Crippen molar-refractivity contribution in [3.63, 3.8) is 0 Å². The molecular weight excluding hydrogens is 329 g/mol. The van der Waals surface area contributed by atoms with Crippen LogP contribution in [-0.2, 0) is 0 Å². The normalized spacial score (nSPS) is 10.2. The summed E-state index contributed by atoms with van der Waals surface area (Å²) in [4.78, 5) is 3.75. The number of anilines is 1. The van der Waals surface area contributed by atoms with Crippen LogP contribution in [0, 0.1) is 11.6 Å². The zero-order valence-corrected chi connectivity index (χ0v) is 12.0. The zero-order chi connectivity index (χ0) is 14.7. The maximum absolute atomic E-state index is 13.4. The van der Waals surface area contributed by atoms with Crippen LogP contribution in [0.2, 0.25) is 10.3 Å². The number of hydrogen-bond donors (Lipinski definition) is 1. The molecule has 1 aromatic heterocycles. The molecule has 1 heterocycles. The molecule has 0 atom stereocenters. The van der Waals surface area contributed by atoms with Crippen molar-refractivity contribution in [2.45, 2.75) is 0 Å². The van der Waals surface area contributed by atoms with Crippen LogP contribution in [0.5, 0.6) is 5.75 Å². The summed E-state index contributed by atoms with van der Waals surface area (Å²) in [6.45, 7) is 0. The fourth-order valence-electron chi connectivity index (χ4n) is 1.34. The van der Waals surface area contributed by atoms with E-state index >= 15 is 0 Å². The van der Waals surface area contributed by atoms with Crippen LogP contribution in [0.1, 0.15) is 0 Å². The number of thiocarbonyl (C=S) groups is 1. The number of nitrogens with one attached hydrogen (secondary N) is 1. The maximum Gasteiger partial charge on any atom is 0.266 e. The molecule has 0 aliphatic rings. The van der Waals surface area contributed by atoms with E-state index in [1.807, 2.05) is 0 Å². The zero-order valence-electron chi connectivity index (χ0n) is 9.66. The van der Waals surface area contributed by atoms with E-state index in [1.165, 1.54) is 12.1 Å². The molecule has 104 valence electrons. The van der Waals surface area contributed by atoms with E-state index in [-0.39, 0.29) is 21.2 Å². The monoisotopic (exact) mass is 334 g/mol. The van der Waals surface area contributed by atoms with E-state index < -0.39 is 11.6 Å². The van der Waals surface area contributed by atoms with Crippen molar-refractivity contribution >= 4 is 46.3 Å². The molecule has 0 fully saturated rings. The van der Waals surface area contributed by atoms with E-state index in [0.29, 0.717) is 11.8 Å². The number of benzene rings is 1. The lowest BCUT2D eigenvalue weighted by molar-refractivity contribution is 0.489. The molecule has 20 heavy (non-hydrogen) atoms. The van der Waals surface area contributed by atoms with E-state index in [4.69, 9.17) is 40.2 Å². The van der Waals surface area contributed by atoms with Crippen molar-refractivity contribution < 1.29 is 13.5 Å². The summed E-state index contributed by atoms with van der Waals surface area (Å²) < 4.78 is 31.2. The average molecular weight is 335 g/mol. The highest BCUT2D eigenvalue weighted by Gasteiger charge is 2.09. The molecule has 0 aliphatic heterocycles. The number of hydrogen-bond acceptors (Lipinski definition) is 3. The second-order valence-electron chi connectivity index (χ2n) is 3.59. The summed E-state index contributed by atoms with van der Waals surface area (Å²) in [6.07, 6.45) is 0. The Labute approximate surface area is 128 Å². The van der Waals surface area contributed by atoms with Crippen molar-refractivity contribution in [2.24, 2.45) is 0 Å². The first-order valence-corrected chi connectivity index (χ1v) is 6.37. The minimum atomic E-state index is -0.861. The lowest BCUT2D eigenvalue weighted by atomic mass is 10.3. The number of nitrogens with zero attached hydrogens (tertiary/aromatic N) is 1. The van der Waals surface area contributed by atoms with Gasteiger partial charge < -0.3 is 10.1 Å². The SMILES string of the molecule is Fc1ccc(OC(=S)Nc2cc(Cl)nc(Cl)c2)c(F)c1. The number of ether oxygens (including phenoxy) is 1. The summed E-state index contributed by atoms with van der Waals surface area (Å²) in [6, 6.07) is 5.80. The van der Waals surface area contributed by atoms with Crippen molar-refractivity contribution in [3.8, 4) is 5.75 Å². The highest BCUT2D eigenvalue weighted by atomic mass is 35.5. The second kappa shape index (κ2) is 6.30. The molecule has 3 nitrogen and oxygen atoms in total. The first kappa shape index (κ1) is 14.9. The fourth-order valence-corrected chi connectivity index (χ4v) is 2.01. The topological polar surface area (TPSA) is 34.1 Å². The van der Waals surface area contributed by atoms with E-state index in [2.05, 4.69) is 10.3 Å². The van der Waals surface area contributed by atoms with Crippen molar-refractivity contribution in [2.75, 3.05) is 5.32 Å². The number of aromatic nitrogens is 1. The van der Waals surface area contributed by atoms with Gasteiger partial charge in [-0.05, 0) is 36.5 Å². The molecule has 2 aromatic rings. The van der Waals surface area contributed by atoms with Gasteiger partial charge in [0.25, 0.3) is 5.17 Å². The summed E-state index contributed by atoms with van der Waals surface area (Å²) in [5, 5.41) is 2.83. The van der Waals surface area contributed by atoms with Gasteiger partial charge in [-0.3, -0.25) is 0 Å². The molecule has 0 aliphatic carbocycles. The average Bonchev–Trinajstić information content (AvgIpc) is 2.31. The molecule has 2 rings (SSSR count). The standard InChI is InChI=1S/C12H6Cl2F2N2OS/c13-10-4-7(5-11(14)18-10)17-12(20)19-9-2-1-6(15)3-8(9)16/h1-5H,(H,17,18,20). The quantitative estimate of drug-likeness (QED) is 0.650. The second-order valence-corrected chi connectivity index (χ2v) is 4.74. The number of pyridine rings is 1. The van der Waals surface area contributed by atoms with Gasteiger partial charge in [-0.1, -0.05) is 23.2 Å². The van der Waals surface area contributed by atoms with Gasteiger partial charge in [0.15, 0.2) is 11.6 Å². The van der Waals surface area contributed by atoms with Crippen LogP contribution < -0.4 is 10.1 Å². The van der Waals surface area contributed by atoms with Gasteiger partial charge in [-0.25, -0.2) is 13.8 Å². The Morgan fingerprint density at radius 2 is 1.80 bits per heavy atom. The smallest absolute Gasteiger partial charge is 0.266 e. The van der Waals surface area contributed by atoms with Crippen LogP contribution in [-0.4, -0.2) is 10.2 Å². The molecule has 0 amide bonds. The van der Waals surface area contributed by atoms with Crippen LogP contribution in [0.25, 0.3) is 0 Å². The Hall–Kier alpha value is -1.50. The maximum atomic E-state index is 13.4. The lowest BCUT2D eigenvalue weighted by Crippen LogP contribution is -2.17. The van der Waals surface area contributed by atoms with Gasteiger partial charge in [0, 0.05) is 11.8 Å². The molecule has 0 unspecified atom stereocenters. The van der Waals surface area contributed by atoms with E-state index in [1.54, 1.807) is 0 Å². The van der Waals surface area contributed by atoms with Gasteiger partial charge in [0.2, 0.25) is 0 Å². The van der Waals surface area contributed by atoms with Crippen LogP contribution in [0.4, 0.5) is 14.5 Å². The minimum Gasteiger partial charge on any atom is -0.429 e. The fraction of sp³-hybridized carbons (Fsp3) is 0. The number of halogens is 4. The van der Waals surface area contributed by atoms with Gasteiger partial charge >= 0.3 is 0 Å². The Morgan fingerprint density at radius 3 is 2.40 bits per heavy atom. The third kappa shape index (κ3) is 4.00. The summed E-state index contributed by atoms with van der Waals surface area (Å²) in [5.41, 5.74) is 0.433. The number of rotatable bonds is 2. The van der Waals surface area contributed by atoms with Gasteiger partial charge in [0.05, 0.1) is 0 Å². The van der Waals surface area contributed by atoms with Crippen LogP contribution in [0.3, 0.4) is 0 Å². The highest BCUT2D eigenvalue weighted by molar-refractivity contribution is 7.80. The third-order valence-electron chi connectivity index (χ3n) is 2.11. The van der Waals surface area contributed by atoms with E-state index in [0.717, 1.165) is 12.1 Å². The Balaban J connectivity index is 2.09. The predicted molar refractivity (Wildman–Crippen MR) is 77.5 cm³/mol. The van der Waals surface area contributed by atoms with Crippen molar-refractivity contribution in [3.05, 3.63) is 52.3 Å². The molecular formula is C12H6Cl2F2N2OS. The summed E-state index contributed by atoms with van der Waals surface area (Å²) in [5.74, 6) is -1.77.